The van der Waals surface area contributed by atoms with E-state index in [-0.39, 0.29) is 5.91 Å². The zero-order chi connectivity index (χ0) is 19.9. The van der Waals surface area contributed by atoms with Crippen molar-refractivity contribution in [3.05, 3.63) is 72.1 Å². The first-order valence-corrected chi connectivity index (χ1v) is 9.24. The van der Waals surface area contributed by atoms with E-state index in [1.165, 1.54) is 0 Å². The molecule has 0 aliphatic carbocycles. The van der Waals surface area contributed by atoms with Gasteiger partial charge in [-0.2, -0.15) is 0 Å². The van der Waals surface area contributed by atoms with Gasteiger partial charge in [-0.25, -0.2) is 0 Å². The smallest absolute Gasteiger partial charge is 0.254 e. The van der Waals surface area contributed by atoms with E-state index in [9.17, 15) is 4.79 Å². The van der Waals surface area contributed by atoms with Crippen LogP contribution < -0.4 is 4.74 Å². The summed E-state index contributed by atoms with van der Waals surface area (Å²) in [6.07, 6.45) is 1.75. The lowest BCUT2D eigenvalue weighted by Crippen LogP contribution is -2.34. The monoisotopic (exact) mass is 376 g/mol. The molecule has 0 spiro atoms. The molecule has 0 saturated carbocycles. The Hall–Kier alpha value is -3.28. The summed E-state index contributed by atoms with van der Waals surface area (Å²) in [6.45, 7) is 5.33. The van der Waals surface area contributed by atoms with Crippen molar-refractivity contribution in [1.29, 1.82) is 0 Å². The topological polar surface area (TPSA) is 68.2 Å². The van der Waals surface area contributed by atoms with Crippen molar-refractivity contribution in [3.8, 4) is 17.1 Å². The number of pyridine rings is 1. The molecule has 144 valence electrons. The van der Waals surface area contributed by atoms with Gasteiger partial charge in [0.15, 0.2) is 0 Å². The van der Waals surface area contributed by atoms with Crippen molar-refractivity contribution in [3.63, 3.8) is 0 Å². The quantitative estimate of drug-likeness (QED) is 0.627. The lowest BCUT2D eigenvalue weighted by molar-refractivity contribution is 0.0720. The predicted octanol–water partition coefficient (Wildman–Crippen LogP) is 3.85. The van der Waals surface area contributed by atoms with E-state index in [4.69, 9.17) is 4.74 Å². The van der Waals surface area contributed by atoms with Gasteiger partial charge in [0, 0.05) is 29.9 Å². The second-order valence-corrected chi connectivity index (χ2v) is 6.94. The Balaban J connectivity index is 1.85. The molecule has 3 aromatic rings. The number of ether oxygens (including phenoxy) is 1. The fourth-order valence-electron chi connectivity index (χ4n) is 2.92. The number of carbonyl (C=O) groups is 1. The maximum atomic E-state index is 13.2. The summed E-state index contributed by atoms with van der Waals surface area (Å²) in [7, 11) is 1.55. The largest absolute Gasteiger partial charge is 0.480 e. The third-order valence-corrected chi connectivity index (χ3v) is 4.21. The Morgan fingerprint density at radius 3 is 2.57 bits per heavy atom. The average Bonchev–Trinajstić information content (AvgIpc) is 2.73. The SMILES string of the molecule is COc1ccc(-c2cccc(C(=O)N(Cc3ccccn3)CC(C)C)c2)nn1. The van der Waals surface area contributed by atoms with Gasteiger partial charge in [-0.1, -0.05) is 32.0 Å². The van der Waals surface area contributed by atoms with E-state index in [0.717, 1.165) is 11.3 Å². The average molecular weight is 376 g/mol. The van der Waals surface area contributed by atoms with Gasteiger partial charge in [0.05, 0.1) is 25.0 Å². The number of carbonyl (C=O) groups excluding carboxylic acids is 1. The molecule has 0 fully saturated rings. The first kappa shape index (κ1) is 19.5. The molecule has 0 radical (unpaired) electrons. The second kappa shape index (κ2) is 9.08. The van der Waals surface area contributed by atoms with E-state index >= 15 is 0 Å². The van der Waals surface area contributed by atoms with Crippen LogP contribution in [0.25, 0.3) is 11.3 Å². The summed E-state index contributed by atoms with van der Waals surface area (Å²) in [4.78, 5) is 19.4. The Morgan fingerprint density at radius 1 is 1.07 bits per heavy atom. The highest BCUT2D eigenvalue weighted by atomic mass is 16.5. The number of hydrogen-bond acceptors (Lipinski definition) is 5. The fourth-order valence-corrected chi connectivity index (χ4v) is 2.92. The molecule has 2 heterocycles. The fraction of sp³-hybridized carbons (Fsp3) is 0.273. The maximum Gasteiger partial charge on any atom is 0.254 e. The van der Waals surface area contributed by atoms with Crippen molar-refractivity contribution in [2.45, 2.75) is 20.4 Å². The molecule has 0 atom stereocenters. The van der Waals surface area contributed by atoms with Gasteiger partial charge in [-0.15, -0.1) is 10.2 Å². The minimum Gasteiger partial charge on any atom is -0.480 e. The molecule has 0 saturated heterocycles. The van der Waals surface area contributed by atoms with Gasteiger partial charge < -0.3 is 9.64 Å². The van der Waals surface area contributed by atoms with E-state index in [2.05, 4.69) is 29.0 Å². The van der Waals surface area contributed by atoms with Crippen LogP contribution >= 0.6 is 0 Å². The maximum absolute atomic E-state index is 13.2. The van der Waals surface area contributed by atoms with E-state index in [1.807, 2.05) is 53.4 Å². The van der Waals surface area contributed by atoms with Crippen LogP contribution in [0.5, 0.6) is 5.88 Å². The van der Waals surface area contributed by atoms with Crippen LogP contribution in [-0.2, 0) is 6.54 Å². The molecule has 0 N–H and O–H groups in total. The number of methoxy groups -OCH3 is 1. The van der Waals surface area contributed by atoms with Crippen LogP contribution in [0.4, 0.5) is 0 Å². The number of rotatable bonds is 7. The lowest BCUT2D eigenvalue weighted by Gasteiger charge is -2.24. The van der Waals surface area contributed by atoms with Gasteiger partial charge in [0.1, 0.15) is 0 Å². The number of benzene rings is 1. The summed E-state index contributed by atoms with van der Waals surface area (Å²) in [5.41, 5.74) is 3.01. The van der Waals surface area contributed by atoms with Crippen LogP contribution in [0.3, 0.4) is 0 Å². The van der Waals surface area contributed by atoms with Gasteiger partial charge in [-0.05, 0) is 36.2 Å². The highest BCUT2D eigenvalue weighted by Crippen LogP contribution is 2.21. The standard InChI is InChI=1S/C22H24N4O2/c1-16(2)14-26(15-19-9-4-5-12-23-19)22(27)18-8-6-7-17(13-18)20-10-11-21(28-3)25-24-20/h4-13,16H,14-15H2,1-3H3. The van der Waals surface area contributed by atoms with Crippen LogP contribution in [-0.4, -0.2) is 39.6 Å². The molecular weight excluding hydrogens is 352 g/mol. The third kappa shape index (κ3) is 4.91. The van der Waals surface area contributed by atoms with Crippen LogP contribution in [0.1, 0.15) is 29.9 Å². The normalized spacial score (nSPS) is 10.7. The van der Waals surface area contributed by atoms with E-state index in [1.54, 1.807) is 19.4 Å². The summed E-state index contributed by atoms with van der Waals surface area (Å²) in [6, 6.07) is 16.8. The molecule has 3 rings (SSSR count). The molecule has 0 aliphatic rings. The number of hydrogen-bond donors (Lipinski definition) is 0. The van der Waals surface area contributed by atoms with Gasteiger partial charge in [0.25, 0.3) is 5.91 Å². The minimum absolute atomic E-state index is 0.0253. The summed E-state index contributed by atoms with van der Waals surface area (Å²) in [5.74, 6) is 0.778. The Labute approximate surface area is 165 Å². The predicted molar refractivity (Wildman–Crippen MR) is 108 cm³/mol. The summed E-state index contributed by atoms with van der Waals surface area (Å²) >= 11 is 0. The molecule has 1 amide bonds. The molecule has 0 unspecified atom stereocenters. The summed E-state index contributed by atoms with van der Waals surface area (Å²) in [5, 5.41) is 8.17. The zero-order valence-corrected chi connectivity index (χ0v) is 16.4. The number of aromatic nitrogens is 3. The molecule has 28 heavy (non-hydrogen) atoms. The van der Waals surface area contributed by atoms with Crippen molar-refractivity contribution < 1.29 is 9.53 Å². The minimum atomic E-state index is -0.0253. The number of amides is 1. The Kier molecular flexibility index (Phi) is 6.32. The first-order chi connectivity index (χ1) is 13.6. The van der Waals surface area contributed by atoms with Crippen LogP contribution in [0, 0.1) is 5.92 Å². The van der Waals surface area contributed by atoms with Gasteiger partial charge >= 0.3 is 0 Å². The highest BCUT2D eigenvalue weighted by molar-refractivity contribution is 5.95. The number of nitrogens with zero attached hydrogens (tertiary/aromatic N) is 4. The molecule has 0 aliphatic heterocycles. The van der Waals surface area contributed by atoms with Crippen molar-refractivity contribution in [2.75, 3.05) is 13.7 Å². The second-order valence-electron chi connectivity index (χ2n) is 6.94. The Morgan fingerprint density at radius 2 is 1.93 bits per heavy atom. The Bertz CT molecular complexity index is 911. The van der Waals surface area contributed by atoms with Crippen LogP contribution in [0.15, 0.2) is 60.8 Å². The van der Waals surface area contributed by atoms with Crippen molar-refractivity contribution in [1.82, 2.24) is 20.1 Å². The van der Waals surface area contributed by atoms with Gasteiger partial charge in [-0.3, -0.25) is 9.78 Å². The van der Waals surface area contributed by atoms with Gasteiger partial charge in [0.2, 0.25) is 5.88 Å². The molecule has 0 bridgehead atoms. The molecular formula is C22H24N4O2. The van der Waals surface area contributed by atoms with Crippen molar-refractivity contribution in [2.24, 2.45) is 5.92 Å². The van der Waals surface area contributed by atoms with E-state index in [0.29, 0.717) is 36.1 Å². The molecule has 1 aromatic carbocycles. The van der Waals surface area contributed by atoms with Crippen LogP contribution in [0.2, 0.25) is 0 Å². The molecule has 6 heteroatoms. The summed E-state index contributed by atoms with van der Waals surface area (Å²) < 4.78 is 5.05. The third-order valence-electron chi connectivity index (χ3n) is 4.21. The zero-order valence-electron chi connectivity index (χ0n) is 16.4. The molecule has 2 aromatic heterocycles. The first-order valence-electron chi connectivity index (χ1n) is 9.24. The molecule has 6 nitrogen and oxygen atoms in total. The lowest BCUT2D eigenvalue weighted by atomic mass is 10.1. The van der Waals surface area contributed by atoms with E-state index < -0.39 is 0 Å². The highest BCUT2D eigenvalue weighted by Gasteiger charge is 2.18. The van der Waals surface area contributed by atoms with Crippen molar-refractivity contribution >= 4 is 5.91 Å².